The van der Waals surface area contributed by atoms with Crippen LogP contribution < -0.4 is 15.8 Å². The van der Waals surface area contributed by atoms with Crippen LogP contribution in [-0.4, -0.2) is 27.5 Å². The topological polar surface area (TPSA) is 106 Å². The zero-order valence-electron chi connectivity index (χ0n) is 16.5. The summed E-state index contributed by atoms with van der Waals surface area (Å²) in [6.45, 7) is 4.32. The van der Waals surface area contributed by atoms with Gasteiger partial charge in [0.15, 0.2) is 5.96 Å². The van der Waals surface area contributed by atoms with Crippen molar-refractivity contribution in [2.75, 3.05) is 12.4 Å². The van der Waals surface area contributed by atoms with Crippen LogP contribution in [0.3, 0.4) is 0 Å². The highest BCUT2D eigenvalue weighted by atomic mass is 32.2. The second-order valence-electron chi connectivity index (χ2n) is 6.72. The molecule has 0 aliphatic carbocycles. The number of sulfonamides is 1. The van der Waals surface area contributed by atoms with E-state index in [4.69, 9.17) is 10.5 Å². The molecule has 2 aromatic rings. The zero-order valence-corrected chi connectivity index (χ0v) is 17.3. The number of guanidine groups is 1. The van der Waals surface area contributed by atoms with Gasteiger partial charge in [-0.25, -0.2) is 18.1 Å². The number of rotatable bonds is 9. The minimum absolute atomic E-state index is 0.0964. The highest BCUT2D eigenvalue weighted by Crippen LogP contribution is 2.16. The standard InChI is InChI=1S/C20H28N4O3S/c1-15(2)24-28(25,26)14-18-10-5-4-8-16(18)12-22-20(21)23-19-11-7-6-9-17(19)13-27-3/h4-11,15,24H,12-14H2,1-3H3,(H3,21,22,23). The summed E-state index contributed by atoms with van der Waals surface area (Å²) in [7, 11) is -1.78. The fourth-order valence-corrected chi connectivity index (χ4v) is 4.22. The van der Waals surface area contributed by atoms with Gasteiger partial charge in [0, 0.05) is 24.4 Å². The molecule has 0 heterocycles. The van der Waals surface area contributed by atoms with Crippen LogP contribution in [0, 0.1) is 0 Å². The molecule has 0 spiro atoms. The van der Waals surface area contributed by atoms with Crippen LogP contribution in [0.1, 0.15) is 30.5 Å². The molecule has 0 unspecified atom stereocenters. The molecule has 2 rings (SSSR count). The molecule has 7 nitrogen and oxygen atoms in total. The van der Waals surface area contributed by atoms with Crippen molar-refractivity contribution < 1.29 is 13.2 Å². The minimum atomic E-state index is -3.41. The molecule has 8 heteroatoms. The molecular formula is C20H28N4O3S. The normalized spacial score (nSPS) is 12.4. The van der Waals surface area contributed by atoms with E-state index in [1.54, 1.807) is 27.0 Å². The van der Waals surface area contributed by atoms with Gasteiger partial charge in [0.2, 0.25) is 10.0 Å². The van der Waals surface area contributed by atoms with Crippen LogP contribution in [0.4, 0.5) is 5.69 Å². The van der Waals surface area contributed by atoms with Gasteiger partial charge in [-0.1, -0.05) is 42.5 Å². The Balaban J connectivity index is 2.12. The van der Waals surface area contributed by atoms with E-state index in [1.807, 2.05) is 42.5 Å². The summed E-state index contributed by atoms with van der Waals surface area (Å²) in [6, 6.07) is 14.8. The lowest BCUT2D eigenvalue weighted by atomic mass is 10.1. The fraction of sp³-hybridized carbons (Fsp3) is 0.350. The summed E-state index contributed by atoms with van der Waals surface area (Å²) < 4.78 is 32.3. The quantitative estimate of drug-likeness (QED) is 0.440. The average Bonchev–Trinajstić information content (AvgIpc) is 2.61. The lowest BCUT2D eigenvalue weighted by Gasteiger charge is -2.13. The van der Waals surface area contributed by atoms with Gasteiger partial charge < -0.3 is 15.8 Å². The van der Waals surface area contributed by atoms with Crippen molar-refractivity contribution in [2.24, 2.45) is 10.7 Å². The van der Waals surface area contributed by atoms with Crippen molar-refractivity contribution in [3.63, 3.8) is 0 Å². The van der Waals surface area contributed by atoms with E-state index in [2.05, 4.69) is 15.0 Å². The van der Waals surface area contributed by atoms with Crippen LogP contribution in [0.2, 0.25) is 0 Å². The summed E-state index contributed by atoms with van der Waals surface area (Å²) in [6.07, 6.45) is 0. The third-order valence-corrected chi connectivity index (χ3v) is 5.40. The molecular weight excluding hydrogens is 376 g/mol. The van der Waals surface area contributed by atoms with Gasteiger partial charge in [-0.15, -0.1) is 0 Å². The number of aliphatic imine (C=N–C) groups is 1. The molecule has 0 aliphatic rings. The number of hydrogen-bond acceptors (Lipinski definition) is 4. The Kier molecular flexibility index (Phi) is 7.98. The van der Waals surface area contributed by atoms with Crippen LogP contribution in [0.15, 0.2) is 53.5 Å². The highest BCUT2D eigenvalue weighted by molar-refractivity contribution is 7.88. The maximum Gasteiger partial charge on any atom is 0.216 e. The van der Waals surface area contributed by atoms with Crippen molar-refractivity contribution in [3.8, 4) is 0 Å². The monoisotopic (exact) mass is 404 g/mol. The van der Waals surface area contributed by atoms with E-state index < -0.39 is 10.0 Å². The fourth-order valence-electron chi connectivity index (χ4n) is 2.73. The van der Waals surface area contributed by atoms with Gasteiger partial charge in [0.05, 0.1) is 18.9 Å². The summed E-state index contributed by atoms with van der Waals surface area (Å²) in [4.78, 5) is 4.37. The summed E-state index contributed by atoms with van der Waals surface area (Å²) in [5, 5.41) is 3.08. The number of nitrogens with zero attached hydrogens (tertiary/aromatic N) is 1. The SMILES string of the molecule is COCc1ccccc1NC(N)=NCc1ccccc1CS(=O)(=O)NC(C)C. The Morgan fingerprint density at radius 1 is 1.07 bits per heavy atom. The van der Waals surface area contributed by atoms with E-state index in [1.165, 1.54) is 0 Å². The van der Waals surface area contributed by atoms with E-state index in [0.29, 0.717) is 12.2 Å². The lowest BCUT2D eigenvalue weighted by Crippen LogP contribution is -2.31. The molecule has 0 radical (unpaired) electrons. The van der Waals surface area contributed by atoms with Crippen molar-refractivity contribution in [3.05, 3.63) is 65.2 Å². The van der Waals surface area contributed by atoms with Crippen LogP contribution in [0.25, 0.3) is 0 Å². The second kappa shape index (κ2) is 10.2. The smallest absolute Gasteiger partial charge is 0.216 e. The predicted molar refractivity (Wildman–Crippen MR) is 113 cm³/mol. The zero-order chi connectivity index (χ0) is 20.6. The second-order valence-corrected chi connectivity index (χ2v) is 8.47. The Morgan fingerprint density at radius 2 is 1.68 bits per heavy atom. The van der Waals surface area contributed by atoms with Gasteiger partial charge in [-0.2, -0.15) is 0 Å². The number of benzene rings is 2. The van der Waals surface area contributed by atoms with Crippen LogP contribution >= 0.6 is 0 Å². The summed E-state index contributed by atoms with van der Waals surface area (Å²) in [5.41, 5.74) is 9.33. The first-order valence-corrected chi connectivity index (χ1v) is 10.7. The van der Waals surface area contributed by atoms with Crippen molar-refractivity contribution in [2.45, 2.75) is 38.8 Å². The highest BCUT2D eigenvalue weighted by Gasteiger charge is 2.15. The molecule has 2 aromatic carbocycles. The van der Waals surface area contributed by atoms with Gasteiger partial charge in [-0.3, -0.25) is 0 Å². The average molecular weight is 405 g/mol. The maximum absolute atomic E-state index is 12.2. The molecule has 0 atom stereocenters. The van der Waals surface area contributed by atoms with E-state index in [0.717, 1.165) is 16.8 Å². The van der Waals surface area contributed by atoms with E-state index in [-0.39, 0.29) is 24.3 Å². The molecule has 4 N–H and O–H groups in total. The third-order valence-electron chi connectivity index (χ3n) is 3.88. The Bertz CT molecular complexity index is 911. The Hall–Kier alpha value is -2.42. The first kappa shape index (κ1) is 21.9. The number of ether oxygens (including phenoxy) is 1. The van der Waals surface area contributed by atoms with Gasteiger partial charge >= 0.3 is 0 Å². The minimum Gasteiger partial charge on any atom is -0.380 e. The van der Waals surface area contributed by atoms with E-state index in [9.17, 15) is 8.42 Å². The molecule has 0 bridgehead atoms. The summed E-state index contributed by atoms with van der Waals surface area (Å²) >= 11 is 0. The first-order valence-electron chi connectivity index (χ1n) is 9.01. The van der Waals surface area contributed by atoms with Crippen LogP contribution in [-0.2, 0) is 33.7 Å². The lowest BCUT2D eigenvalue weighted by molar-refractivity contribution is 0.185. The largest absolute Gasteiger partial charge is 0.380 e. The van der Waals surface area contributed by atoms with Crippen LogP contribution in [0.5, 0.6) is 0 Å². The molecule has 28 heavy (non-hydrogen) atoms. The molecule has 0 saturated carbocycles. The molecule has 0 fully saturated rings. The molecule has 0 amide bonds. The van der Waals surface area contributed by atoms with Gasteiger partial charge in [0.1, 0.15) is 0 Å². The number of nitrogens with one attached hydrogen (secondary N) is 2. The number of hydrogen-bond donors (Lipinski definition) is 3. The number of methoxy groups -OCH3 is 1. The molecule has 0 saturated heterocycles. The summed E-state index contributed by atoms with van der Waals surface area (Å²) in [5.74, 6) is 0.155. The first-order chi connectivity index (χ1) is 13.3. The van der Waals surface area contributed by atoms with Gasteiger partial charge in [0.25, 0.3) is 0 Å². The number of nitrogens with two attached hydrogens (primary N) is 1. The Labute approximate surface area is 167 Å². The third kappa shape index (κ3) is 6.95. The van der Waals surface area contributed by atoms with Gasteiger partial charge in [-0.05, 0) is 31.0 Å². The predicted octanol–water partition coefficient (Wildman–Crippen LogP) is 2.59. The number of anilines is 1. The van der Waals surface area contributed by atoms with Crippen molar-refractivity contribution in [1.29, 1.82) is 0 Å². The maximum atomic E-state index is 12.2. The molecule has 152 valence electrons. The van der Waals surface area contributed by atoms with Crippen molar-refractivity contribution >= 4 is 21.7 Å². The molecule has 0 aliphatic heterocycles. The molecule has 0 aromatic heterocycles. The van der Waals surface area contributed by atoms with Crippen molar-refractivity contribution in [1.82, 2.24) is 4.72 Å². The Morgan fingerprint density at radius 3 is 2.32 bits per heavy atom. The number of para-hydroxylation sites is 1. The van der Waals surface area contributed by atoms with E-state index >= 15 is 0 Å².